The van der Waals surface area contributed by atoms with Crippen LogP contribution in [0.4, 0.5) is 64.1 Å². The van der Waals surface area contributed by atoms with Crippen molar-refractivity contribution < 1.29 is 52.7 Å². The number of hydrogen-bond donors (Lipinski definition) is 1. The minimum absolute atomic E-state index is 0.177. The third-order valence-corrected chi connectivity index (χ3v) is 3.84. The van der Waals surface area contributed by atoms with Crippen molar-refractivity contribution in [3.8, 4) is 0 Å². The lowest BCUT2D eigenvalue weighted by Crippen LogP contribution is -2.14. The highest BCUT2D eigenvalue weighted by Crippen LogP contribution is 2.39. The zero-order valence-electron chi connectivity index (χ0n) is 14.9. The Balaban J connectivity index is 2.51. The number of alkyl halides is 12. The fourth-order valence-electron chi connectivity index (χ4n) is 2.30. The number of halogens is 12. The highest BCUT2D eigenvalue weighted by molar-refractivity contribution is 7.77. The highest BCUT2D eigenvalue weighted by atomic mass is 32.1. The van der Waals surface area contributed by atoms with E-state index >= 15 is 0 Å². The van der Waals surface area contributed by atoms with E-state index in [0.29, 0.717) is 0 Å². The summed E-state index contributed by atoms with van der Waals surface area (Å²) in [6, 6.07) is 0.396. The van der Waals surface area contributed by atoms with E-state index in [1.807, 2.05) is 5.32 Å². The second-order valence-corrected chi connectivity index (χ2v) is 6.49. The van der Waals surface area contributed by atoms with Crippen molar-refractivity contribution in [1.82, 2.24) is 0 Å². The summed E-state index contributed by atoms with van der Waals surface area (Å²) >= 11 is 4.56. The fourth-order valence-corrected chi connectivity index (χ4v) is 2.52. The van der Waals surface area contributed by atoms with Gasteiger partial charge in [0.2, 0.25) is 0 Å². The van der Waals surface area contributed by atoms with Crippen molar-refractivity contribution in [1.29, 1.82) is 0 Å². The first kappa shape index (κ1) is 25.5. The maximum atomic E-state index is 12.9. The largest absolute Gasteiger partial charge is 0.742 e. The summed E-state index contributed by atoms with van der Waals surface area (Å²) in [5.41, 5.74) is -8.80. The number of benzene rings is 2. The molecule has 0 aliphatic carbocycles. The second kappa shape index (κ2) is 8.33. The van der Waals surface area contributed by atoms with Gasteiger partial charge in [-0.15, -0.1) is 0 Å². The first-order valence-corrected chi connectivity index (χ1v) is 8.29. The Morgan fingerprint density at radius 1 is 0.562 bits per heavy atom. The van der Waals surface area contributed by atoms with Crippen LogP contribution in [-0.4, -0.2) is 5.17 Å². The van der Waals surface area contributed by atoms with Gasteiger partial charge in [-0.05, 0) is 41.6 Å². The Morgan fingerprint density at radius 3 is 1.19 bits per heavy atom. The lowest BCUT2D eigenvalue weighted by molar-refractivity contribution is -0.144. The van der Waals surface area contributed by atoms with Crippen molar-refractivity contribution in [2.24, 2.45) is 4.99 Å². The molecule has 0 spiro atoms. The zero-order chi connectivity index (χ0) is 24.7. The van der Waals surface area contributed by atoms with E-state index in [-0.39, 0.29) is 36.4 Å². The van der Waals surface area contributed by atoms with Crippen LogP contribution in [0.15, 0.2) is 41.4 Å². The van der Waals surface area contributed by atoms with Gasteiger partial charge in [0.15, 0.2) is 0 Å². The molecule has 2 aromatic rings. The Labute approximate surface area is 176 Å². The van der Waals surface area contributed by atoms with E-state index in [2.05, 4.69) is 17.6 Å². The molecule has 32 heavy (non-hydrogen) atoms. The lowest BCUT2D eigenvalue weighted by Gasteiger charge is -2.19. The monoisotopic (exact) mass is 499 g/mol. The molecule has 2 nitrogen and oxygen atoms in total. The van der Waals surface area contributed by atoms with Gasteiger partial charge in [0, 0.05) is 5.69 Å². The van der Waals surface area contributed by atoms with E-state index in [1.165, 1.54) is 0 Å². The molecule has 0 radical (unpaired) electrons. The van der Waals surface area contributed by atoms with Gasteiger partial charge in [-0.3, -0.25) is 4.99 Å². The van der Waals surface area contributed by atoms with E-state index in [4.69, 9.17) is 0 Å². The van der Waals surface area contributed by atoms with Gasteiger partial charge in [0.25, 0.3) is 0 Å². The molecular formula is C17H7F12N2S-. The molecule has 0 aliphatic rings. The van der Waals surface area contributed by atoms with Crippen LogP contribution in [0.3, 0.4) is 0 Å². The molecule has 0 atom stereocenters. The van der Waals surface area contributed by atoms with Gasteiger partial charge < -0.3 is 17.9 Å². The normalized spacial score (nSPS) is 13.9. The minimum Gasteiger partial charge on any atom is -0.742 e. The van der Waals surface area contributed by atoms with Gasteiger partial charge in [-0.2, -0.15) is 52.7 Å². The van der Waals surface area contributed by atoms with E-state index in [0.717, 1.165) is 0 Å². The van der Waals surface area contributed by atoms with Crippen molar-refractivity contribution in [3.63, 3.8) is 0 Å². The first-order chi connectivity index (χ1) is 14.3. The van der Waals surface area contributed by atoms with Crippen LogP contribution in [-0.2, 0) is 37.3 Å². The van der Waals surface area contributed by atoms with E-state index < -0.39 is 63.5 Å². The minimum atomic E-state index is -5.21. The summed E-state index contributed by atoms with van der Waals surface area (Å²) < 4.78 is 154. The van der Waals surface area contributed by atoms with Crippen LogP contribution >= 0.6 is 0 Å². The number of amidine groups is 1. The molecule has 0 bridgehead atoms. The summed E-state index contributed by atoms with van der Waals surface area (Å²) in [6.07, 6.45) is -20.8. The van der Waals surface area contributed by atoms with E-state index in [1.54, 1.807) is 0 Å². The topological polar surface area (TPSA) is 24.4 Å². The van der Waals surface area contributed by atoms with Gasteiger partial charge >= 0.3 is 24.7 Å². The molecule has 176 valence electrons. The van der Waals surface area contributed by atoms with Crippen LogP contribution < -0.4 is 5.32 Å². The molecule has 15 heteroatoms. The molecule has 0 aromatic heterocycles. The number of nitrogens with one attached hydrogen (secondary N) is 1. The zero-order valence-corrected chi connectivity index (χ0v) is 15.7. The summed E-state index contributed by atoms with van der Waals surface area (Å²) in [5.74, 6) is 0. The predicted octanol–water partition coefficient (Wildman–Crippen LogP) is 7.41. The summed E-state index contributed by atoms with van der Waals surface area (Å²) in [5, 5.41) is 0.852. The quantitative estimate of drug-likeness (QED) is 0.202. The van der Waals surface area contributed by atoms with Crippen LogP contribution in [0.2, 0.25) is 0 Å². The van der Waals surface area contributed by atoms with Crippen LogP contribution in [0.5, 0.6) is 0 Å². The van der Waals surface area contributed by atoms with Gasteiger partial charge in [0.05, 0.1) is 27.9 Å². The van der Waals surface area contributed by atoms with Crippen molar-refractivity contribution in [2.75, 3.05) is 5.32 Å². The maximum absolute atomic E-state index is 12.9. The number of hydrogen-bond acceptors (Lipinski definition) is 2. The first-order valence-electron chi connectivity index (χ1n) is 7.88. The predicted molar refractivity (Wildman–Crippen MR) is 91.0 cm³/mol. The number of aliphatic imine (C=N–C) groups is 1. The van der Waals surface area contributed by atoms with Gasteiger partial charge in [-0.25, -0.2) is 0 Å². The van der Waals surface area contributed by atoms with Crippen molar-refractivity contribution >= 4 is 29.2 Å². The van der Waals surface area contributed by atoms with Crippen LogP contribution in [0.25, 0.3) is 0 Å². The summed E-state index contributed by atoms with van der Waals surface area (Å²) in [6.45, 7) is 0. The van der Waals surface area contributed by atoms with Crippen molar-refractivity contribution in [2.45, 2.75) is 24.7 Å². The van der Waals surface area contributed by atoms with Crippen molar-refractivity contribution in [3.05, 3.63) is 58.7 Å². The molecule has 0 saturated heterocycles. The third-order valence-electron chi connectivity index (χ3n) is 3.64. The Hall–Kier alpha value is -2.71. The van der Waals surface area contributed by atoms with Gasteiger partial charge in [-0.1, -0.05) is 0 Å². The number of nitrogens with zero attached hydrogens (tertiary/aromatic N) is 1. The molecule has 0 aliphatic heterocycles. The molecule has 0 unspecified atom stereocenters. The molecule has 0 saturated carbocycles. The lowest BCUT2D eigenvalue weighted by atomic mass is 10.1. The maximum Gasteiger partial charge on any atom is 0.416 e. The van der Waals surface area contributed by atoms with Gasteiger partial charge in [0.1, 0.15) is 0 Å². The second-order valence-electron chi connectivity index (χ2n) is 6.10. The van der Waals surface area contributed by atoms with Crippen LogP contribution in [0, 0.1) is 0 Å². The molecule has 1 N–H and O–H groups in total. The molecular weight excluding hydrogens is 492 g/mol. The summed E-state index contributed by atoms with van der Waals surface area (Å²) in [7, 11) is 0. The molecule has 2 rings (SSSR count). The number of anilines is 1. The molecule has 0 amide bonds. The fraction of sp³-hybridized carbons (Fsp3) is 0.235. The van der Waals surface area contributed by atoms with Crippen LogP contribution in [0.1, 0.15) is 22.3 Å². The highest BCUT2D eigenvalue weighted by Gasteiger charge is 2.38. The Kier molecular flexibility index (Phi) is 6.65. The van der Waals surface area contributed by atoms with E-state index in [9.17, 15) is 52.7 Å². The Bertz CT molecular complexity index is 952. The standard InChI is InChI=1S/C17H8F12N2S/c18-14(19,20)7-1-8(15(21,22)23)4-11(3-7)30-13(32)31-12-5-9(16(24,25)26)2-10(6-12)17(27,28)29/h1-6H,(H2,30,31,32)/p-1. The SMILES string of the molecule is FC(F)(F)c1cc(N=C([S-])Nc2cc(C(F)(F)F)cc(C(F)(F)F)c2)cc(C(F)(F)F)c1. The molecule has 0 heterocycles. The third kappa shape index (κ3) is 6.64. The number of rotatable bonds is 2. The Morgan fingerprint density at radius 2 is 0.875 bits per heavy atom. The molecule has 2 aromatic carbocycles. The molecule has 0 fully saturated rings. The average Bonchev–Trinajstić information content (AvgIpc) is 2.58. The average molecular weight is 499 g/mol. The smallest absolute Gasteiger partial charge is 0.416 e. The summed E-state index contributed by atoms with van der Waals surface area (Å²) in [4.78, 5) is 3.24.